The first-order valence-electron chi connectivity index (χ1n) is 9.99. The van der Waals surface area contributed by atoms with Crippen molar-refractivity contribution in [3.63, 3.8) is 0 Å². The lowest BCUT2D eigenvalue weighted by molar-refractivity contribution is -0.309. The topological polar surface area (TPSA) is 158 Å². The van der Waals surface area contributed by atoms with Crippen LogP contribution in [0.15, 0.2) is 12.2 Å². The van der Waals surface area contributed by atoms with E-state index in [0.29, 0.717) is 12.8 Å². The quantitative estimate of drug-likeness (QED) is 0.177. The zero-order valence-corrected chi connectivity index (χ0v) is 17.3. The van der Waals surface area contributed by atoms with Crippen molar-refractivity contribution in [2.75, 3.05) is 26.4 Å². The normalized spacial score (nSPS) is 37.8. The zero-order valence-electron chi connectivity index (χ0n) is 17.3. The number of aliphatic hydroxyl groups is 6. The van der Waals surface area contributed by atoms with E-state index in [1.165, 1.54) is 0 Å². The van der Waals surface area contributed by atoms with Gasteiger partial charge in [0.2, 0.25) is 0 Å². The van der Waals surface area contributed by atoms with Gasteiger partial charge in [-0.15, -0.1) is 0 Å². The fraction of sp³-hybridized carbons (Fsp3) is 0.714. The SMILES string of the molecule is CC=CC#CC#CCCCOC1OC(COC2OCC(O)(CO)C2O)C(O)C(O)C1O. The molecule has 2 rings (SSSR count). The summed E-state index contributed by atoms with van der Waals surface area (Å²) in [7, 11) is 0. The van der Waals surface area contributed by atoms with Crippen molar-refractivity contribution < 1.29 is 49.6 Å². The van der Waals surface area contributed by atoms with E-state index in [-0.39, 0.29) is 19.8 Å². The van der Waals surface area contributed by atoms with Crippen LogP contribution in [-0.4, -0.2) is 106 Å². The molecule has 0 aromatic carbocycles. The first kappa shape index (κ1) is 25.7. The molecule has 10 heteroatoms. The molecule has 0 aliphatic carbocycles. The van der Waals surface area contributed by atoms with E-state index >= 15 is 0 Å². The van der Waals surface area contributed by atoms with Gasteiger partial charge in [0.25, 0.3) is 0 Å². The summed E-state index contributed by atoms with van der Waals surface area (Å²) in [5.74, 6) is 10.9. The van der Waals surface area contributed by atoms with Crippen molar-refractivity contribution in [1.29, 1.82) is 0 Å². The van der Waals surface area contributed by atoms with Gasteiger partial charge in [-0.2, -0.15) is 0 Å². The second kappa shape index (κ2) is 12.5. The molecule has 2 saturated heterocycles. The van der Waals surface area contributed by atoms with Gasteiger partial charge in [0, 0.05) is 6.42 Å². The minimum Gasteiger partial charge on any atom is -0.393 e. The molecule has 0 saturated carbocycles. The molecule has 0 bridgehead atoms. The van der Waals surface area contributed by atoms with Gasteiger partial charge in [0.05, 0.1) is 26.4 Å². The summed E-state index contributed by atoms with van der Waals surface area (Å²) in [6.07, 6.45) is -5.04. The molecular weight excluding hydrogens is 412 g/mol. The van der Waals surface area contributed by atoms with Crippen LogP contribution in [0, 0.1) is 23.7 Å². The van der Waals surface area contributed by atoms with E-state index in [1.54, 1.807) is 12.2 Å². The molecule has 8 atom stereocenters. The monoisotopic (exact) mass is 442 g/mol. The molecule has 6 N–H and O–H groups in total. The summed E-state index contributed by atoms with van der Waals surface area (Å²) in [5, 5.41) is 59.4. The van der Waals surface area contributed by atoms with Crippen LogP contribution in [0.2, 0.25) is 0 Å². The van der Waals surface area contributed by atoms with Crippen LogP contribution in [-0.2, 0) is 18.9 Å². The number of allylic oxidation sites excluding steroid dienone is 2. The van der Waals surface area contributed by atoms with Gasteiger partial charge < -0.3 is 49.6 Å². The third-order valence-corrected chi connectivity index (χ3v) is 4.87. The number of rotatable bonds is 8. The number of unbranched alkanes of at least 4 members (excludes halogenated alkanes) is 1. The largest absolute Gasteiger partial charge is 0.393 e. The number of aliphatic hydroxyl groups excluding tert-OH is 5. The fourth-order valence-corrected chi connectivity index (χ4v) is 2.94. The van der Waals surface area contributed by atoms with Crippen LogP contribution in [0.25, 0.3) is 0 Å². The number of hydrogen-bond donors (Lipinski definition) is 6. The second-order valence-corrected chi connectivity index (χ2v) is 7.28. The molecule has 0 aromatic rings. The van der Waals surface area contributed by atoms with Crippen molar-refractivity contribution in [2.45, 2.75) is 68.5 Å². The standard InChI is InChI=1S/C21H30O10/c1-2-3-4-5-6-7-8-9-10-28-19-17(25)16(24)15(23)14(31-19)11-29-20-18(26)21(27,12-22)13-30-20/h2-3,14-20,22-27H,8-13H2,1H3. The van der Waals surface area contributed by atoms with Crippen LogP contribution >= 0.6 is 0 Å². The van der Waals surface area contributed by atoms with Crippen molar-refractivity contribution >= 4 is 0 Å². The van der Waals surface area contributed by atoms with Crippen molar-refractivity contribution in [3.8, 4) is 23.7 Å². The zero-order chi connectivity index (χ0) is 22.9. The van der Waals surface area contributed by atoms with E-state index in [2.05, 4.69) is 23.7 Å². The van der Waals surface area contributed by atoms with Crippen LogP contribution in [0.5, 0.6) is 0 Å². The minimum absolute atomic E-state index is 0.184. The molecule has 0 spiro atoms. The van der Waals surface area contributed by atoms with Gasteiger partial charge in [0.1, 0.15) is 36.1 Å². The van der Waals surface area contributed by atoms with Gasteiger partial charge in [-0.3, -0.25) is 0 Å². The molecule has 10 nitrogen and oxygen atoms in total. The van der Waals surface area contributed by atoms with Gasteiger partial charge in [-0.25, -0.2) is 0 Å². The summed E-state index contributed by atoms with van der Waals surface area (Å²) in [6.45, 7) is 0.661. The highest BCUT2D eigenvalue weighted by Gasteiger charge is 2.50. The number of hydrogen-bond acceptors (Lipinski definition) is 10. The Morgan fingerprint density at radius 1 is 1.06 bits per heavy atom. The average molecular weight is 442 g/mol. The highest BCUT2D eigenvalue weighted by atomic mass is 16.7. The Bertz CT molecular complexity index is 704. The number of ether oxygens (including phenoxy) is 4. The van der Waals surface area contributed by atoms with Crippen LogP contribution in [0.4, 0.5) is 0 Å². The third-order valence-electron chi connectivity index (χ3n) is 4.87. The summed E-state index contributed by atoms with van der Waals surface area (Å²) >= 11 is 0. The predicted molar refractivity (Wildman–Crippen MR) is 106 cm³/mol. The maximum atomic E-state index is 10.1. The molecule has 2 heterocycles. The van der Waals surface area contributed by atoms with Gasteiger partial charge in [-0.1, -0.05) is 17.9 Å². The van der Waals surface area contributed by atoms with Crippen molar-refractivity contribution in [3.05, 3.63) is 12.2 Å². The molecule has 0 amide bonds. The highest BCUT2D eigenvalue weighted by Crippen LogP contribution is 2.27. The highest BCUT2D eigenvalue weighted by molar-refractivity contribution is 5.30. The summed E-state index contributed by atoms with van der Waals surface area (Å²) in [6, 6.07) is 0. The van der Waals surface area contributed by atoms with E-state index in [9.17, 15) is 25.5 Å². The van der Waals surface area contributed by atoms with Crippen LogP contribution in [0.1, 0.15) is 19.8 Å². The van der Waals surface area contributed by atoms with Gasteiger partial charge in [0.15, 0.2) is 12.6 Å². The summed E-state index contributed by atoms with van der Waals surface area (Å²) in [5.41, 5.74) is -1.85. The molecule has 0 radical (unpaired) electrons. The summed E-state index contributed by atoms with van der Waals surface area (Å²) in [4.78, 5) is 0. The van der Waals surface area contributed by atoms with Crippen molar-refractivity contribution in [1.82, 2.24) is 0 Å². The Morgan fingerprint density at radius 3 is 2.52 bits per heavy atom. The Labute approximate surface area is 181 Å². The van der Waals surface area contributed by atoms with E-state index in [1.807, 2.05) is 6.92 Å². The Kier molecular flexibility index (Phi) is 10.4. The maximum absolute atomic E-state index is 10.1. The Balaban J connectivity index is 1.80. The summed E-state index contributed by atoms with van der Waals surface area (Å²) < 4.78 is 21.4. The fourth-order valence-electron chi connectivity index (χ4n) is 2.94. The molecule has 2 aliphatic heterocycles. The molecular formula is C21H30O10. The molecule has 0 aromatic heterocycles. The first-order chi connectivity index (χ1) is 14.8. The first-order valence-corrected chi connectivity index (χ1v) is 9.99. The van der Waals surface area contributed by atoms with Gasteiger partial charge >= 0.3 is 0 Å². The van der Waals surface area contributed by atoms with E-state index in [0.717, 1.165) is 0 Å². The lowest BCUT2D eigenvalue weighted by Crippen LogP contribution is -2.59. The lowest BCUT2D eigenvalue weighted by atomic mass is 9.99. The van der Waals surface area contributed by atoms with Crippen LogP contribution < -0.4 is 0 Å². The van der Waals surface area contributed by atoms with E-state index < -0.39 is 55.3 Å². The molecule has 8 unspecified atom stereocenters. The third kappa shape index (κ3) is 6.97. The molecule has 2 fully saturated rings. The Hall–Kier alpha value is -1.54. The van der Waals surface area contributed by atoms with Gasteiger partial charge in [-0.05, 0) is 31.3 Å². The molecule has 2 aliphatic rings. The van der Waals surface area contributed by atoms with Crippen LogP contribution in [0.3, 0.4) is 0 Å². The lowest BCUT2D eigenvalue weighted by Gasteiger charge is -2.40. The molecule has 174 valence electrons. The van der Waals surface area contributed by atoms with Crippen molar-refractivity contribution in [2.24, 2.45) is 0 Å². The minimum atomic E-state index is -1.85. The van der Waals surface area contributed by atoms with E-state index in [4.69, 9.17) is 24.1 Å². The predicted octanol–water partition coefficient (Wildman–Crippen LogP) is -2.37. The maximum Gasteiger partial charge on any atom is 0.186 e. The average Bonchev–Trinajstić information content (AvgIpc) is 3.06. The smallest absolute Gasteiger partial charge is 0.186 e. The second-order valence-electron chi connectivity index (χ2n) is 7.28. The molecule has 31 heavy (non-hydrogen) atoms. The Morgan fingerprint density at radius 2 is 1.84 bits per heavy atom.